The molecular weight excluding hydrogens is 336 g/mol. The minimum atomic E-state index is -0.00802. The number of carbonyl (C=O) groups excluding carboxylic acids is 1. The van der Waals surface area contributed by atoms with Crippen molar-refractivity contribution in [3.8, 4) is 11.3 Å². The van der Waals surface area contributed by atoms with E-state index in [1.54, 1.807) is 6.26 Å². The van der Waals surface area contributed by atoms with Gasteiger partial charge in [0.25, 0.3) is 0 Å². The van der Waals surface area contributed by atoms with Crippen LogP contribution in [0.25, 0.3) is 11.3 Å². The Hall–Kier alpha value is -2.59. The largest absolute Gasteiger partial charge is 0.364 e. The second-order valence-electron chi connectivity index (χ2n) is 5.96. The van der Waals surface area contributed by atoms with Crippen LogP contribution >= 0.6 is 11.6 Å². The van der Waals surface area contributed by atoms with E-state index in [4.69, 9.17) is 16.1 Å². The fourth-order valence-electron chi connectivity index (χ4n) is 2.60. The van der Waals surface area contributed by atoms with Gasteiger partial charge in [-0.05, 0) is 37.1 Å². The van der Waals surface area contributed by atoms with Gasteiger partial charge in [-0.15, -0.1) is 0 Å². The van der Waals surface area contributed by atoms with Crippen molar-refractivity contribution in [1.82, 2.24) is 10.5 Å². The number of aryl methyl sites for hydroxylation is 2. The van der Waals surface area contributed by atoms with Gasteiger partial charge in [0.1, 0.15) is 12.0 Å². The summed E-state index contributed by atoms with van der Waals surface area (Å²) in [7, 11) is 0. The maximum atomic E-state index is 12.1. The van der Waals surface area contributed by atoms with Crippen LogP contribution in [0.3, 0.4) is 0 Å². The number of hydrogen-bond donors (Lipinski definition) is 1. The van der Waals surface area contributed by atoms with Crippen LogP contribution in [0.1, 0.15) is 23.1 Å². The minimum Gasteiger partial charge on any atom is -0.364 e. The van der Waals surface area contributed by atoms with Gasteiger partial charge in [-0.25, -0.2) is 0 Å². The van der Waals surface area contributed by atoms with Crippen molar-refractivity contribution in [2.75, 3.05) is 0 Å². The van der Waals surface area contributed by atoms with Gasteiger partial charge in [-0.2, -0.15) is 0 Å². The van der Waals surface area contributed by atoms with Crippen LogP contribution in [0.15, 0.2) is 59.3 Å². The summed E-state index contributed by atoms with van der Waals surface area (Å²) in [5.41, 5.74) is 4.92. The van der Waals surface area contributed by atoms with E-state index in [1.807, 2.05) is 49.4 Å². The van der Waals surface area contributed by atoms with Crippen molar-refractivity contribution in [1.29, 1.82) is 0 Å². The monoisotopic (exact) mass is 354 g/mol. The van der Waals surface area contributed by atoms with Gasteiger partial charge in [0.2, 0.25) is 5.91 Å². The predicted molar refractivity (Wildman–Crippen MR) is 98.3 cm³/mol. The average Bonchev–Trinajstić information content (AvgIpc) is 3.08. The molecule has 0 saturated carbocycles. The molecule has 3 aromatic rings. The quantitative estimate of drug-likeness (QED) is 0.706. The number of rotatable bonds is 6. The SMILES string of the molecule is Cc1cccc(-c2nocc2CCC(=O)NCc2ccc(Cl)cc2)c1. The smallest absolute Gasteiger partial charge is 0.220 e. The Balaban J connectivity index is 1.56. The van der Waals surface area contributed by atoms with E-state index in [0.717, 1.165) is 27.9 Å². The number of nitrogens with one attached hydrogen (secondary N) is 1. The van der Waals surface area contributed by atoms with Gasteiger partial charge < -0.3 is 9.84 Å². The highest BCUT2D eigenvalue weighted by molar-refractivity contribution is 6.30. The molecule has 25 heavy (non-hydrogen) atoms. The average molecular weight is 355 g/mol. The summed E-state index contributed by atoms with van der Waals surface area (Å²) >= 11 is 5.85. The van der Waals surface area contributed by atoms with Gasteiger partial charge >= 0.3 is 0 Å². The number of nitrogens with zero attached hydrogens (tertiary/aromatic N) is 1. The summed E-state index contributed by atoms with van der Waals surface area (Å²) in [4.78, 5) is 12.1. The lowest BCUT2D eigenvalue weighted by Gasteiger charge is -2.06. The van der Waals surface area contributed by atoms with Crippen LogP contribution in [-0.4, -0.2) is 11.1 Å². The van der Waals surface area contributed by atoms with E-state index in [9.17, 15) is 4.79 Å². The first-order chi connectivity index (χ1) is 12.1. The van der Waals surface area contributed by atoms with Crippen LogP contribution in [0.4, 0.5) is 0 Å². The van der Waals surface area contributed by atoms with E-state index < -0.39 is 0 Å². The normalized spacial score (nSPS) is 10.6. The van der Waals surface area contributed by atoms with E-state index >= 15 is 0 Å². The number of halogens is 1. The lowest BCUT2D eigenvalue weighted by atomic mass is 10.0. The minimum absolute atomic E-state index is 0.00802. The maximum Gasteiger partial charge on any atom is 0.220 e. The van der Waals surface area contributed by atoms with Crippen LogP contribution in [-0.2, 0) is 17.8 Å². The molecular formula is C20H19ClN2O2. The summed E-state index contributed by atoms with van der Waals surface area (Å²) in [6, 6.07) is 15.5. The van der Waals surface area contributed by atoms with E-state index in [2.05, 4.69) is 16.5 Å². The molecule has 0 radical (unpaired) electrons. The second-order valence-corrected chi connectivity index (χ2v) is 6.40. The molecule has 0 bridgehead atoms. The van der Waals surface area contributed by atoms with Gasteiger partial charge in [-0.1, -0.05) is 52.7 Å². The van der Waals surface area contributed by atoms with Gasteiger partial charge in [-0.3, -0.25) is 4.79 Å². The van der Waals surface area contributed by atoms with Crippen molar-refractivity contribution in [2.45, 2.75) is 26.3 Å². The fraction of sp³-hybridized carbons (Fsp3) is 0.200. The van der Waals surface area contributed by atoms with Gasteiger partial charge in [0.05, 0.1) is 0 Å². The first kappa shape index (κ1) is 17.2. The van der Waals surface area contributed by atoms with Crippen molar-refractivity contribution in [3.05, 3.63) is 76.5 Å². The molecule has 0 fully saturated rings. The highest BCUT2D eigenvalue weighted by Gasteiger charge is 2.12. The van der Waals surface area contributed by atoms with Crippen LogP contribution in [0.2, 0.25) is 5.02 Å². The Morgan fingerprint density at radius 3 is 2.76 bits per heavy atom. The number of hydrogen-bond acceptors (Lipinski definition) is 3. The fourth-order valence-corrected chi connectivity index (χ4v) is 2.73. The molecule has 0 aliphatic heterocycles. The molecule has 0 atom stereocenters. The first-order valence-corrected chi connectivity index (χ1v) is 8.51. The molecule has 1 amide bonds. The van der Waals surface area contributed by atoms with Crippen molar-refractivity contribution >= 4 is 17.5 Å². The highest BCUT2D eigenvalue weighted by atomic mass is 35.5. The summed E-state index contributed by atoms with van der Waals surface area (Å²) in [5, 5.41) is 7.69. The summed E-state index contributed by atoms with van der Waals surface area (Å²) in [6.45, 7) is 2.53. The van der Waals surface area contributed by atoms with Crippen molar-refractivity contribution in [3.63, 3.8) is 0 Å². The molecule has 0 saturated heterocycles. The summed E-state index contributed by atoms with van der Waals surface area (Å²) in [5.74, 6) is -0.00802. The zero-order chi connectivity index (χ0) is 17.6. The number of benzene rings is 2. The third kappa shape index (κ3) is 4.70. The molecule has 128 valence electrons. The van der Waals surface area contributed by atoms with Gasteiger partial charge in [0.15, 0.2) is 0 Å². The van der Waals surface area contributed by atoms with E-state index in [0.29, 0.717) is 24.4 Å². The third-order valence-corrected chi connectivity index (χ3v) is 4.21. The Morgan fingerprint density at radius 1 is 1.20 bits per heavy atom. The summed E-state index contributed by atoms with van der Waals surface area (Å²) < 4.78 is 5.12. The number of aromatic nitrogens is 1. The molecule has 2 aromatic carbocycles. The lowest BCUT2D eigenvalue weighted by molar-refractivity contribution is -0.121. The molecule has 0 unspecified atom stereocenters. The molecule has 5 heteroatoms. The van der Waals surface area contributed by atoms with Crippen LogP contribution < -0.4 is 5.32 Å². The topological polar surface area (TPSA) is 55.1 Å². The molecule has 4 nitrogen and oxygen atoms in total. The standard InChI is InChI=1S/C20H19ClN2O2/c1-14-3-2-4-16(11-14)20-17(13-25-23-20)7-10-19(24)22-12-15-5-8-18(21)9-6-15/h2-6,8-9,11,13H,7,10,12H2,1H3,(H,22,24). The zero-order valence-electron chi connectivity index (χ0n) is 14.0. The lowest BCUT2D eigenvalue weighted by Crippen LogP contribution is -2.22. The Morgan fingerprint density at radius 2 is 2.00 bits per heavy atom. The van der Waals surface area contributed by atoms with E-state index in [-0.39, 0.29) is 5.91 Å². The number of amides is 1. The number of carbonyl (C=O) groups is 1. The Bertz CT molecular complexity index is 856. The second kappa shape index (κ2) is 7.99. The van der Waals surface area contributed by atoms with Crippen LogP contribution in [0.5, 0.6) is 0 Å². The molecule has 0 spiro atoms. The van der Waals surface area contributed by atoms with Crippen molar-refractivity contribution in [2.24, 2.45) is 0 Å². The van der Waals surface area contributed by atoms with E-state index in [1.165, 1.54) is 0 Å². The zero-order valence-corrected chi connectivity index (χ0v) is 14.7. The third-order valence-electron chi connectivity index (χ3n) is 3.96. The highest BCUT2D eigenvalue weighted by Crippen LogP contribution is 2.24. The Labute approximate surface area is 151 Å². The maximum absolute atomic E-state index is 12.1. The first-order valence-electron chi connectivity index (χ1n) is 8.13. The molecule has 1 aromatic heterocycles. The van der Waals surface area contributed by atoms with Crippen LogP contribution in [0, 0.1) is 6.92 Å². The Kier molecular flexibility index (Phi) is 5.51. The molecule has 1 heterocycles. The molecule has 1 N–H and O–H groups in total. The summed E-state index contributed by atoms with van der Waals surface area (Å²) in [6.07, 6.45) is 2.58. The van der Waals surface area contributed by atoms with Crippen molar-refractivity contribution < 1.29 is 9.32 Å². The predicted octanol–water partition coefficient (Wildman–Crippen LogP) is 4.55. The molecule has 3 rings (SSSR count). The molecule has 0 aliphatic rings. The molecule has 0 aliphatic carbocycles. The van der Waals surface area contributed by atoms with Gasteiger partial charge in [0, 0.05) is 29.1 Å².